The lowest BCUT2D eigenvalue weighted by atomic mass is 10.2. The van der Waals surface area contributed by atoms with Crippen LogP contribution in [0.25, 0.3) is 0 Å². The normalized spacial score (nSPS) is 20.1. The molecule has 1 aromatic heterocycles. The number of carbonyl (C=O) groups excluding carboxylic acids is 1. The molecule has 86 valence electrons. The highest BCUT2D eigenvalue weighted by molar-refractivity contribution is 9.11. The van der Waals surface area contributed by atoms with Crippen molar-refractivity contribution in [1.82, 2.24) is 4.90 Å². The number of rotatable bonds is 2. The van der Waals surface area contributed by atoms with Crippen molar-refractivity contribution in [1.29, 1.82) is 0 Å². The summed E-state index contributed by atoms with van der Waals surface area (Å²) >= 11 is 6.16. The molecule has 7 heteroatoms. The van der Waals surface area contributed by atoms with Crippen LogP contribution in [-0.2, 0) is 4.79 Å². The van der Waals surface area contributed by atoms with E-state index in [0.717, 1.165) is 3.79 Å². The molecule has 16 heavy (non-hydrogen) atoms. The predicted molar refractivity (Wildman–Crippen MR) is 66.9 cm³/mol. The van der Waals surface area contributed by atoms with Crippen LogP contribution in [0.1, 0.15) is 10.4 Å². The zero-order valence-corrected chi connectivity index (χ0v) is 11.3. The minimum Gasteiger partial charge on any atom is -0.480 e. The molecule has 1 N–H and O–H groups in total. The fraction of sp³-hybridized carbons (Fsp3) is 0.333. The zero-order chi connectivity index (χ0) is 11.7. The molecular formula is C9H8BrNO3S2. The van der Waals surface area contributed by atoms with Crippen molar-refractivity contribution < 1.29 is 14.7 Å². The average Bonchev–Trinajstić information content (AvgIpc) is 2.84. The van der Waals surface area contributed by atoms with Gasteiger partial charge in [-0.15, -0.1) is 23.1 Å². The van der Waals surface area contributed by atoms with E-state index in [9.17, 15) is 9.59 Å². The lowest BCUT2D eigenvalue weighted by Gasteiger charge is -2.19. The standard InChI is InChI=1S/C9H8BrNO3S2/c10-7-1-5(2-16-7)8(12)11-4-15-3-6(11)9(13)14/h1-2,6H,3-4H2,(H,13,14)/t6-/m0/s1. The van der Waals surface area contributed by atoms with Crippen molar-refractivity contribution in [3.05, 3.63) is 20.8 Å². The Morgan fingerprint density at radius 2 is 2.31 bits per heavy atom. The number of hydrogen-bond acceptors (Lipinski definition) is 4. The number of thiophene rings is 1. The van der Waals surface area contributed by atoms with Gasteiger partial charge in [0, 0.05) is 11.1 Å². The van der Waals surface area contributed by atoms with Crippen LogP contribution in [-0.4, -0.2) is 39.6 Å². The van der Waals surface area contributed by atoms with Crippen molar-refractivity contribution in [3.63, 3.8) is 0 Å². The summed E-state index contributed by atoms with van der Waals surface area (Å²) in [6, 6.07) is 1.02. The monoisotopic (exact) mass is 321 g/mol. The molecule has 2 rings (SSSR count). The van der Waals surface area contributed by atoms with Gasteiger partial charge in [-0.3, -0.25) is 4.79 Å². The minimum atomic E-state index is -0.937. The number of carboxylic acid groups (broad SMARTS) is 1. The summed E-state index contributed by atoms with van der Waals surface area (Å²) in [6.45, 7) is 0. The third kappa shape index (κ3) is 2.26. The molecule has 1 aliphatic rings. The van der Waals surface area contributed by atoms with E-state index in [4.69, 9.17) is 5.11 Å². The summed E-state index contributed by atoms with van der Waals surface area (Å²) in [5.74, 6) is -0.234. The van der Waals surface area contributed by atoms with Gasteiger partial charge in [0.2, 0.25) is 0 Å². The Labute approximate surface area is 109 Å². The summed E-state index contributed by atoms with van der Waals surface area (Å²) in [4.78, 5) is 24.4. The molecule has 0 unspecified atom stereocenters. The molecule has 4 nitrogen and oxygen atoms in total. The summed E-state index contributed by atoms with van der Waals surface area (Å²) in [6.07, 6.45) is 0. The third-order valence-electron chi connectivity index (χ3n) is 2.24. The van der Waals surface area contributed by atoms with Gasteiger partial charge in [0.05, 0.1) is 15.2 Å². The highest BCUT2D eigenvalue weighted by Crippen LogP contribution is 2.26. The fourth-order valence-electron chi connectivity index (χ4n) is 1.44. The number of hydrogen-bond donors (Lipinski definition) is 1. The van der Waals surface area contributed by atoms with Crippen molar-refractivity contribution in [2.75, 3.05) is 11.6 Å². The second-order valence-corrected chi connectivity index (χ2v) is 6.56. The maximum atomic E-state index is 12.0. The Kier molecular flexibility index (Phi) is 3.56. The summed E-state index contributed by atoms with van der Waals surface area (Å²) in [5.41, 5.74) is 0.547. The van der Waals surface area contributed by atoms with E-state index in [0.29, 0.717) is 17.2 Å². The Morgan fingerprint density at radius 1 is 1.56 bits per heavy atom. The molecule has 1 saturated heterocycles. The second-order valence-electron chi connectivity index (χ2n) is 3.27. The highest BCUT2D eigenvalue weighted by Gasteiger charge is 2.35. The third-order valence-corrected chi connectivity index (χ3v) is 4.76. The topological polar surface area (TPSA) is 57.6 Å². The van der Waals surface area contributed by atoms with Crippen molar-refractivity contribution in [2.45, 2.75) is 6.04 Å². The Bertz CT molecular complexity index is 434. The largest absolute Gasteiger partial charge is 0.480 e. The van der Waals surface area contributed by atoms with Gasteiger partial charge < -0.3 is 10.0 Å². The Balaban J connectivity index is 2.18. The molecule has 0 bridgehead atoms. The van der Waals surface area contributed by atoms with E-state index in [1.165, 1.54) is 28.0 Å². The molecule has 0 radical (unpaired) electrons. The van der Waals surface area contributed by atoms with Gasteiger partial charge in [-0.2, -0.15) is 0 Å². The van der Waals surface area contributed by atoms with Gasteiger partial charge in [0.25, 0.3) is 5.91 Å². The molecule has 1 amide bonds. The quantitative estimate of drug-likeness (QED) is 0.906. The molecule has 0 spiro atoms. The van der Waals surface area contributed by atoms with Gasteiger partial charge in [0.15, 0.2) is 0 Å². The number of carbonyl (C=O) groups is 2. The smallest absolute Gasteiger partial charge is 0.327 e. The van der Waals surface area contributed by atoms with E-state index in [1.54, 1.807) is 11.4 Å². The van der Waals surface area contributed by atoms with E-state index in [1.807, 2.05) is 0 Å². The zero-order valence-electron chi connectivity index (χ0n) is 8.05. The molecule has 0 aliphatic carbocycles. The van der Waals surface area contributed by atoms with Gasteiger partial charge in [0.1, 0.15) is 6.04 Å². The van der Waals surface area contributed by atoms with Crippen LogP contribution in [0.4, 0.5) is 0 Å². The number of nitrogens with zero attached hydrogens (tertiary/aromatic N) is 1. The lowest BCUT2D eigenvalue weighted by Crippen LogP contribution is -2.41. The fourth-order valence-corrected chi connectivity index (χ4v) is 3.71. The Hall–Kier alpha value is -0.530. The van der Waals surface area contributed by atoms with Crippen LogP contribution < -0.4 is 0 Å². The molecule has 0 aromatic carbocycles. The van der Waals surface area contributed by atoms with Crippen LogP contribution >= 0.6 is 39.0 Å². The molecule has 1 atom stereocenters. The molecule has 2 heterocycles. The van der Waals surface area contributed by atoms with Crippen molar-refractivity contribution >= 4 is 50.9 Å². The van der Waals surface area contributed by atoms with Gasteiger partial charge in [-0.1, -0.05) is 0 Å². The van der Waals surface area contributed by atoms with Crippen molar-refractivity contribution in [2.24, 2.45) is 0 Å². The van der Waals surface area contributed by atoms with Crippen LogP contribution in [0.3, 0.4) is 0 Å². The number of halogens is 1. The first-order chi connectivity index (χ1) is 7.59. The first-order valence-electron chi connectivity index (χ1n) is 4.45. The van der Waals surface area contributed by atoms with Crippen LogP contribution in [0, 0.1) is 0 Å². The number of amides is 1. The highest BCUT2D eigenvalue weighted by atomic mass is 79.9. The Morgan fingerprint density at radius 3 is 2.88 bits per heavy atom. The van der Waals surface area contributed by atoms with Gasteiger partial charge in [-0.25, -0.2) is 4.79 Å². The van der Waals surface area contributed by atoms with Crippen molar-refractivity contribution in [3.8, 4) is 0 Å². The maximum Gasteiger partial charge on any atom is 0.327 e. The number of carboxylic acids is 1. The molecular weight excluding hydrogens is 314 g/mol. The van der Waals surface area contributed by atoms with Gasteiger partial charge in [-0.05, 0) is 22.0 Å². The van der Waals surface area contributed by atoms with Gasteiger partial charge >= 0.3 is 5.97 Å². The van der Waals surface area contributed by atoms with E-state index in [-0.39, 0.29) is 5.91 Å². The average molecular weight is 322 g/mol. The lowest BCUT2D eigenvalue weighted by molar-refractivity contribution is -0.140. The summed E-state index contributed by atoms with van der Waals surface area (Å²) in [5, 5.41) is 10.7. The van der Waals surface area contributed by atoms with Crippen LogP contribution in [0.2, 0.25) is 0 Å². The predicted octanol–water partition coefficient (Wildman–Crippen LogP) is 2.11. The first-order valence-corrected chi connectivity index (χ1v) is 7.28. The number of thioether (sulfide) groups is 1. The van der Waals surface area contributed by atoms with Crippen LogP contribution in [0.5, 0.6) is 0 Å². The minimum absolute atomic E-state index is 0.209. The number of aliphatic carboxylic acids is 1. The summed E-state index contributed by atoms with van der Waals surface area (Å²) in [7, 11) is 0. The van der Waals surface area contributed by atoms with E-state index >= 15 is 0 Å². The SMILES string of the molecule is O=C(O)[C@@H]1CSCN1C(=O)c1csc(Br)c1. The van der Waals surface area contributed by atoms with Crippen LogP contribution in [0.15, 0.2) is 15.2 Å². The van der Waals surface area contributed by atoms with E-state index in [2.05, 4.69) is 15.9 Å². The molecule has 1 fully saturated rings. The maximum absolute atomic E-state index is 12.0. The summed E-state index contributed by atoms with van der Waals surface area (Å²) < 4.78 is 0.870. The first kappa shape index (κ1) is 11.9. The molecule has 1 aromatic rings. The molecule has 1 aliphatic heterocycles. The van der Waals surface area contributed by atoms with E-state index < -0.39 is 12.0 Å². The molecule has 0 saturated carbocycles. The second kappa shape index (κ2) is 4.77.